The molecule has 0 bridgehead atoms. The van der Waals surface area contributed by atoms with Crippen molar-refractivity contribution in [2.45, 2.75) is 12.8 Å². The smallest absolute Gasteiger partial charge is 0.475 e. The summed E-state index contributed by atoms with van der Waals surface area (Å²) in [7, 11) is 0. The maximum absolute atomic E-state index is 13.6. The highest BCUT2D eigenvalue weighted by atomic mass is 79.9. The second kappa shape index (κ2) is 6.20. The maximum atomic E-state index is 13.6. The summed E-state index contributed by atoms with van der Waals surface area (Å²) in [5.41, 5.74) is -1.14. The minimum atomic E-state index is -5.28. The molecule has 21 heavy (non-hydrogen) atoms. The van der Waals surface area contributed by atoms with Gasteiger partial charge in [0.1, 0.15) is 11.4 Å². The largest absolute Gasteiger partial charge is 0.575 e. The van der Waals surface area contributed by atoms with E-state index < -0.39 is 46.4 Å². The van der Waals surface area contributed by atoms with Crippen LogP contribution in [0.4, 0.5) is 17.6 Å². The van der Waals surface area contributed by atoms with Gasteiger partial charge in [-0.2, -0.15) is 0 Å². The van der Waals surface area contributed by atoms with E-state index in [1.54, 1.807) is 0 Å². The molecule has 0 aromatic heterocycles. The Balaban J connectivity index is 3.08. The van der Waals surface area contributed by atoms with E-state index in [0.29, 0.717) is 6.07 Å². The minimum Gasteiger partial charge on any atom is -0.475 e. The maximum Gasteiger partial charge on any atom is 0.575 e. The number of halogens is 5. The van der Waals surface area contributed by atoms with Crippen molar-refractivity contribution in [1.82, 2.24) is 0 Å². The number of hydrogen-bond donors (Lipinski definition) is 1. The fourth-order valence-corrected chi connectivity index (χ4v) is 1.99. The predicted molar refractivity (Wildman–Crippen MR) is 61.9 cm³/mol. The number of carboxylic acid groups (broad SMARTS) is 1. The molecule has 0 unspecified atom stereocenters. The highest BCUT2D eigenvalue weighted by Crippen LogP contribution is 2.26. The van der Waals surface area contributed by atoms with Gasteiger partial charge >= 0.3 is 18.3 Å². The summed E-state index contributed by atoms with van der Waals surface area (Å²) >= 11 is 2.67. The summed E-state index contributed by atoms with van der Waals surface area (Å²) in [6, 6.07) is 1.54. The zero-order valence-electron chi connectivity index (χ0n) is 9.83. The van der Waals surface area contributed by atoms with Crippen LogP contribution in [0, 0.1) is 5.82 Å². The molecule has 0 amide bonds. The molecule has 1 aromatic carbocycles. The number of carboxylic acids is 1. The summed E-state index contributed by atoms with van der Waals surface area (Å²) in [4.78, 5) is 32.5. The van der Waals surface area contributed by atoms with E-state index >= 15 is 0 Å². The van der Waals surface area contributed by atoms with Crippen molar-refractivity contribution >= 4 is 33.7 Å². The van der Waals surface area contributed by atoms with Gasteiger partial charge < -0.3 is 9.84 Å². The second-order valence-electron chi connectivity index (χ2n) is 3.67. The Hall–Kier alpha value is -1.97. The van der Waals surface area contributed by atoms with Crippen LogP contribution >= 0.6 is 15.9 Å². The molecule has 0 saturated carbocycles. The van der Waals surface area contributed by atoms with Crippen LogP contribution in [-0.2, 0) is 20.7 Å². The van der Waals surface area contributed by atoms with Crippen molar-refractivity contribution < 1.29 is 41.8 Å². The van der Waals surface area contributed by atoms with Gasteiger partial charge in [0, 0.05) is 10.9 Å². The summed E-state index contributed by atoms with van der Waals surface area (Å²) in [6.45, 7) is 0. The molecule has 0 saturated heterocycles. The molecule has 0 radical (unpaired) electrons. The number of aliphatic carboxylic acids is 1. The van der Waals surface area contributed by atoms with Crippen molar-refractivity contribution in [2.75, 3.05) is 0 Å². The molecular weight excluding hydrogens is 368 g/mol. The van der Waals surface area contributed by atoms with E-state index in [9.17, 15) is 31.9 Å². The molecule has 5 nitrogen and oxygen atoms in total. The average molecular weight is 373 g/mol. The summed E-state index contributed by atoms with van der Waals surface area (Å²) in [5, 5.41) is 8.40. The van der Waals surface area contributed by atoms with Crippen LogP contribution < -0.4 is 0 Å². The summed E-state index contributed by atoms with van der Waals surface area (Å²) in [5.74, 6) is -6.34. The Kier molecular flexibility index (Phi) is 5.05. The standard InChI is InChI=1S/C11H5BrF4O5/c12-5-1-4(3-7(17)9(18)19)2-6(13)8(5)10(20)21-11(14,15)16/h1-2H,3H2,(H,18,19). The van der Waals surface area contributed by atoms with Gasteiger partial charge in [-0.15, -0.1) is 13.2 Å². The molecule has 1 rings (SSSR count). The molecule has 1 aromatic rings. The quantitative estimate of drug-likeness (QED) is 0.498. The Bertz CT molecular complexity index is 588. The normalized spacial score (nSPS) is 11.1. The van der Waals surface area contributed by atoms with Crippen LogP contribution in [0.5, 0.6) is 0 Å². The lowest BCUT2D eigenvalue weighted by Gasteiger charge is -2.10. The van der Waals surface area contributed by atoms with Crippen LogP contribution in [0.15, 0.2) is 16.6 Å². The first kappa shape index (κ1) is 17.1. The topological polar surface area (TPSA) is 80.7 Å². The van der Waals surface area contributed by atoms with Gasteiger partial charge in [-0.1, -0.05) is 0 Å². The monoisotopic (exact) mass is 372 g/mol. The third-order valence-electron chi connectivity index (χ3n) is 2.12. The van der Waals surface area contributed by atoms with Gasteiger partial charge in [0.25, 0.3) is 0 Å². The van der Waals surface area contributed by atoms with Crippen molar-refractivity contribution in [3.05, 3.63) is 33.5 Å². The van der Waals surface area contributed by atoms with Crippen LogP contribution in [-0.4, -0.2) is 29.2 Å². The zero-order chi connectivity index (χ0) is 16.4. The van der Waals surface area contributed by atoms with Crippen molar-refractivity contribution in [3.63, 3.8) is 0 Å². The van der Waals surface area contributed by atoms with Gasteiger partial charge in [-0.25, -0.2) is 14.0 Å². The van der Waals surface area contributed by atoms with Gasteiger partial charge in [0.05, 0.1) is 0 Å². The van der Waals surface area contributed by atoms with E-state index in [0.717, 1.165) is 6.07 Å². The number of alkyl halides is 3. The predicted octanol–water partition coefficient (Wildman–Crippen LogP) is 2.46. The van der Waals surface area contributed by atoms with Gasteiger partial charge in [0.15, 0.2) is 0 Å². The fourth-order valence-electron chi connectivity index (χ4n) is 1.34. The lowest BCUT2D eigenvalue weighted by atomic mass is 10.1. The molecule has 0 aliphatic heterocycles. The number of carbonyl (C=O) groups is 3. The molecule has 10 heteroatoms. The molecule has 114 valence electrons. The molecule has 0 heterocycles. The average Bonchev–Trinajstić information content (AvgIpc) is 2.24. The van der Waals surface area contributed by atoms with Crippen LogP contribution in [0.2, 0.25) is 0 Å². The number of benzene rings is 1. The molecule has 1 N–H and O–H groups in total. The van der Waals surface area contributed by atoms with Crippen LogP contribution in [0.3, 0.4) is 0 Å². The van der Waals surface area contributed by atoms with Crippen molar-refractivity contribution in [2.24, 2.45) is 0 Å². The Labute approximate surface area is 122 Å². The van der Waals surface area contributed by atoms with E-state index in [1.165, 1.54) is 0 Å². The SMILES string of the molecule is O=C(O)C(=O)Cc1cc(F)c(C(=O)OC(F)(F)F)c(Br)c1. The highest BCUT2D eigenvalue weighted by molar-refractivity contribution is 9.10. The second-order valence-corrected chi connectivity index (χ2v) is 4.53. The number of ketones is 1. The molecule has 0 aliphatic rings. The van der Waals surface area contributed by atoms with Crippen molar-refractivity contribution in [3.8, 4) is 0 Å². The van der Waals surface area contributed by atoms with E-state index in [1.807, 2.05) is 0 Å². The van der Waals surface area contributed by atoms with Gasteiger partial charge in [-0.3, -0.25) is 4.79 Å². The first-order valence-electron chi connectivity index (χ1n) is 5.05. The molecule has 0 atom stereocenters. The molecule has 0 spiro atoms. The highest BCUT2D eigenvalue weighted by Gasteiger charge is 2.36. The van der Waals surface area contributed by atoms with E-state index in [-0.39, 0.29) is 5.56 Å². The third-order valence-corrected chi connectivity index (χ3v) is 2.74. The van der Waals surface area contributed by atoms with Gasteiger partial charge in [0.2, 0.25) is 5.78 Å². The number of Topliss-reactive ketones (excluding diaryl/α,β-unsaturated/α-hetero) is 1. The van der Waals surface area contributed by atoms with E-state index in [4.69, 9.17) is 5.11 Å². The Morgan fingerprint density at radius 2 is 1.81 bits per heavy atom. The molecular formula is C11H5BrF4O5. The fraction of sp³-hybridized carbons (Fsp3) is 0.182. The zero-order valence-corrected chi connectivity index (χ0v) is 11.4. The van der Waals surface area contributed by atoms with Crippen molar-refractivity contribution in [1.29, 1.82) is 0 Å². The summed E-state index contributed by atoms with van der Waals surface area (Å²) in [6.07, 6.45) is -5.96. The first-order valence-corrected chi connectivity index (χ1v) is 5.84. The Morgan fingerprint density at radius 3 is 2.24 bits per heavy atom. The number of carbonyl (C=O) groups excluding carboxylic acids is 2. The molecule has 0 fully saturated rings. The van der Waals surface area contributed by atoms with E-state index in [2.05, 4.69) is 20.7 Å². The number of hydrogen-bond acceptors (Lipinski definition) is 4. The first-order chi connectivity index (χ1) is 9.51. The minimum absolute atomic E-state index is 0.129. The van der Waals surface area contributed by atoms with Gasteiger partial charge in [-0.05, 0) is 33.6 Å². The third kappa shape index (κ3) is 4.81. The lowest BCUT2D eigenvalue weighted by Crippen LogP contribution is -2.21. The Morgan fingerprint density at radius 1 is 1.24 bits per heavy atom. The number of esters is 1. The lowest BCUT2D eigenvalue weighted by molar-refractivity contribution is -0.291. The molecule has 0 aliphatic carbocycles. The number of ether oxygens (including phenoxy) is 1. The van der Waals surface area contributed by atoms with Crippen LogP contribution in [0.1, 0.15) is 15.9 Å². The summed E-state index contributed by atoms with van der Waals surface area (Å²) < 4.78 is 52.0. The van der Waals surface area contributed by atoms with Crippen LogP contribution in [0.25, 0.3) is 0 Å². The number of rotatable bonds is 4.